The first-order valence-electron chi connectivity index (χ1n) is 8.73. The molecular weight excluding hydrogens is 348 g/mol. The molecule has 2 aromatic rings. The van der Waals surface area contributed by atoms with Gasteiger partial charge in [-0.25, -0.2) is 8.42 Å². The van der Waals surface area contributed by atoms with Gasteiger partial charge in [-0.05, 0) is 30.5 Å². The molecule has 26 heavy (non-hydrogen) atoms. The van der Waals surface area contributed by atoms with Crippen molar-refractivity contribution in [2.45, 2.75) is 32.7 Å². The van der Waals surface area contributed by atoms with E-state index in [0.717, 1.165) is 17.5 Å². The maximum atomic E-state index is 12.3. The summed E-state index contributed by atoms with van der Waals surface area (Å²) in [6, 6.07) is 16.9. The van der Waals surface area contributed by atoms with Crippen molar-refractivity contribution in [3.8, 4) is 0 Å². The molecule has 0 bridgehead atoms. The molecule has 0 fully saturated rings. The Hall–Kier alpha value is -2.34. The van der Waals surface area contributed by atoms with Crippen LogP contribution in [0.2, 0.25) is 0 Å². The zero-order valence-corrected chi connectivity index (χ0v) is 16.3. The lowest BCUT2D eigenvalue weighted by Gasteiger charge is -2.25. The van der Waals surface area contributed by atoms with Crippen LogP contribution in [0.1, 0.15) is 37.4 Å². The van der Waals surface area contributed by atoms with Crippen molar-refractivity contribution in [2.24, 2.45) is 0 Å². The van der Waals surface area contributed by atoms with Crippen LogP contribution in [-0.2, 0) is 21.2 Å². The second kappa shape index (κ2) is 8.85. The number of nitrogens with one attached hydrogen (secondary N) is 1. The molecule has 0 saturated heterocycles. The molecule has 1 N–H and O–H groups in total. The van der Waals surface area contributed by atoms with Gasteiger partial charge in [-0.3, -0.25) is 9.10 Å². The van der Waals surface area contributed by atoms with Gasteiger partial charge in [-0.15, -0.1) is 0 Å². The highest BCUT2D eigenvalue weighted by atomic mass is 32.2. The summed E-state index contributed by atoms with van der Waals surface area (Å²) in [5.41, 5.74) is 2.59. The summed E-state index contributed by atoms with van der Waals surface area (Å²) in [6.07, 6.45) is 1.99. The highest BCUT2D eigenvalue weighted by Gasteiger charge is 2.21. The molecule has 0 spiro atoms. The third-order valence-electron chi connectivity index (χ3n) is 4.26. The fourth-order valence-corrected chi connectivity index (χ4v) is 3.82. The minimum Gasteiger partial charge on any atom is -0.350 e. The number of sulfonamides is 1. The second-order valence-corrected chi connectivity index (χ2v) is 8.17. The van der Waals surface area contributed by atoms with Gasteiger partial charge in [0.15, 0.2) is 0 Å². The molecule has 2 rings (SSSR count). The minimum absolute atomic E-state index is 0.0995. The Morgan fingerprint density at radius 3 is 2.31 bits per heavy atom. The molecule has 1 atom stereocenters. The maximum absolute atomic E-state index is 12.3. The molecule has 0 aromatic heterocycles. The molecule has 2 aromatic carbocycles. The molecule has 1 unspecified atom stereocenters. The number of hydrogen-bond donors (Lipinski definition) is 1. The number of rotatable bonds is 8. The Morgan fingerprint density at radius 1 is 1.08 bits per heavy atom. The van der Waals surface area contributed by atoms with Crippen LogP contribution in [0.5, 0.6) is 0 Å². The van der Waals surface area contributed by atoms with Crippen LogP contribution in [0.15, 0.2) is 54.6 Å². The summed E-state index contributed by atoms with van der Waals surface area (Å²) < 4.78 is 25.8. The number of amides is 1. The third kappa shape index (κ3) is 5.33. The zero-order chi connectivity index (χ0) is 19.2. The normalized spacial score (nSPS) is 12.4. The second-order valence-electron chi connectivity index (χ2n) is 6.27. The topological polar surface area (TPSA) is 66.5 Å². The van der Waals surface area contributed by atoms with Crippen LogP contribution in [0.3, 0.4) is 0 Å². The fraction of sp³-hybridized carbons (Fsp3) is 0.350. The largest absolute Gasteiger partial charge is 0.350 e. The molecule has 0 aliphatic heterocycles. The van der Waals surface area contributed by atoms with Gasteiger partial charge in [0.2, 0.25) is 15.9 Å². The van der Waals surface area contributed by atoms with Gasteiger partial charge in [0.05, 0.1) is 18.0 Å². The standard InChI is InChI=1S/C20H26N2O3S/c1-4-17-10-8-9-13-19(17)22(26(3,24)25)15-14-20(23)21-16(2)18-11-6-5-7-12-18/h5-13,16H,4,14-15H2,1-3H3,(H,21,23). The number of anilines is 1. The van der Waals surface area contributed by atoms with Gasteiger partial charge in [-0.2, -0.15) is 0 Å². The molecule has 0 heterocycles. The van der Waals surface area contributed by atoms with Crippen molar-refractivity contribution in [1.29, 1.82) is 0 Å². The first-order chi connectivity index (χ1) is 12.3. The molecule has 0 aliphatic carbocycles. The molecule has 5 nitrogen and oxygen atoms in total. The molecule has 0 saturated carbocycles. The number of carbonyl (C=O) groups excluding carboxylic acids is 1. The Balaban J connectivity index is 2.07. The van der Waals surface area contributed by atoms with Crippen LogP contribution in [0.4, 0.5) is 5.69 Å². The van der Waals surface area contributed by atoms with E-state index < -0.39 is 10.0 Å². The number of para-hydroxylation sites is 1. The van der Waals surface area contributed by atoms with Crippen molar-refractivity contribution in [2.75, 3.05) is 17.1 Å². The van der Waals surface area contributed by atoms with Gasteiger partial charge >= 0.3 is 0 Å². The average molecular weight is 375 g/mol. The lowest BCUT2D eigenvalue weighted by molar-refractivity contribution is -0.121. The van der Waals surface area contributed by atoms with Gasteiger partial charge in [-0.1, -0.05) is 55.5 Å². The Labute approximate surface area is 156 Å². The summed E-state index contributed by atoms with van der Waals surface area (Å²) in [4.78, 5) is 12.3. The van der Waals surface area contributed by atoms with Crippen molar-refractivity contribution >= 4 is 21.6 Å². The van der Waals surface area contributed by atoms with Crippen molar-refractivity contribution in [1.82, 2.24) is 5.32 Å². The van der Waals surface area contributed by atoms with E-state index in [1.54, 1.807) is 6.07 Å². The third-order valence-corrected chi connectivity index (χ3v) is 5.44. The van der Waals surface area contributed by atoms with Gasteiger partial charge < -0.3 is 5.32 Å². The summed E-state index contributed by atoms with van der Waals surface area (Å²) in [5, 5.41) is 2.92. The predicted molar refractivity (Wildman–Crippen MR) is 106 cm³/mol. The number of benzene rings is 2. The smallest absolute Gasteiger partial charge is 0.232 e. The van der Waals surface area contributed by atoms with E-state index in [2.05, 4.69) is 5.32 Å². The fourth-order valence-electron chi connectivity index (χ4n) is 2.86. The van der Waals surface area contributed by atoms with E-state index in [1.807, 2.05) is 62.4 Å². The minimum atomic E-state index is -3.47. The highest BCUT2D eigenvalue weighted by molar-refractivity contribution is 7.92. The van der Waals surface area contributed by atoms with E-state index in [9.17, 15) is 13.2 Å². The average Bonchev–Trinajstić information content (AvgIpc) is 2.61. The Morgan fingerprint density at radius 2 is 1.69 bits per heavy atom. The number of nitrogens with zero attached hydrogens (tertiary/aromatic N) is 1. The summed E-state index contributed by atoms with van der Waals surface area (Å²) in [5.74, 6) is -0.177. The van der Waals surface area contributed by atoms with Crippen LogP contribution < -0.4 is 9.62 Å². The molecule has 0 aliphatic rings. The van der Waals surface area contributed by atoms with Gasteiger partial charge in [0.1, 0.15) is 0 Å². The number of carbonyl (C=O) groups is 1. The van der Waals surface area contributed by atoms with Gasteiger partial charge in [0, 0.05) is 13.0 Å². The maximum Gasteiger partial charge on any atom is 0.232 e. The van der Waals surface area contributed by atoms with Crippen molar-refractivity contribution < 1.29 is 13.2 Å². The summed E-state index contributed by atoms with van der Waals surface area (Å²) in [6.45, 7) is 4.00. The van der Waals surface area contributed by atoms with Gasteiger partial charge in [0.25, 0.3) is 0 Å². The highest BCUT2D eigenvalue weighted by Crippen LogP contribution is 2.23. The van der Waals surface area contributed by atoms with Crippen LogP contribution in [-0.4, -0.2) is 27.1 Å². The van der Waals surface area contributed by atoms with Crippen LogP contribution in [0, 0.1) is 0 Å². The summed E-state index contributed by atoms with van der Waals surface area (Å²) >= 11 is 0. The summed E-state index contributed by atoms with van der Waals surface area (Å²) in [7, 11) is -3.47. The van der Waals surface area contributed by atoms with E-state index in [0.29, 0.717) is 5.69 Å². The van der Waals surface area contributed by atoms with E-state index >= 15 is 0 Å². The first-order valence-corrected chi connectivity index (χ1v) is 10.6. The number of aryl methyl sites for hydroxylation is 1. The lowest BCUT2D eigenvalue weighted by atomic mass is 10.1. The zero-order valence-electron chi connectivity index (χ0n) is 15.5. The SMILES string of the molecule is CCc1ccccc1N(CCC(=O)NC(C)c1ccccc1)S(C)(=O)=O. The predicted octanol–water partition coefficient (Wildman–Crippen LogP) is 3.28. The van der Waals surface area contributed by atoms with E-state index in [1.165, 1.54) is 10.6 Å². The van der Waals surface area contributed by atoms with Crippen molar-refractivity contribution in [3.63, 3.8) is 0 Å². The Kier molecular flexibility index (Phi) is 6.80. The number of hydrogen-bond acceptors (Lipinski definition) is 3. The Bertz CT molecular complexity index is 835. The van der Waals surface area contributed by atoms with E-state index in [4.69, 9.17) is 0 Å². The molecular formula is C20H26N2O3S. The first kappa shape index (κ1) is 20.0. The molecule has 6 heteroatoms. The quantitative estimate of drug-likeness (QED) is 0.771. The monoisotopic (exact) mass is 374 g/mol. The van der Waals surface area contributed by atoms with Crippen LogP contribution >= 0.6 is 0 Å². The molecule has 1 amide bonds. The molecule has 0 radical (unpaired) electrons. The van der Waals surface area contributed by atoms with Crippen molar-refractivity contribution in [3.05, 3.63) is 65.7 Å². The van der Waals surface area contributed by atoms with E-state index in [-0.39, 0.29) is 24.9 Å². The lowest BCUT2D eigenvalue weighted by Crippen LogP contribution is -2.35. The molecule has 140 valence electrons. The van der Waals surface area contributed by atoms with Crippen LogP contribution in [0.25, 0.3) is 0 Å².